The van der Waals surface area contributed by atoms with Crippen LogP contribution in [0.4, 0.5) is 5.69 Å². The molecular formula is C22H19N3O4S2. The highest BCUT2D eigenvalue weighted by Gasteiger charge is 2.16. The van der Waals surface area contributed by atoms with Gasteiger partial charge in [0.15, 0.2) is 14.9 Å². The Hall–Kier alpha value is -3.30. The monoisotopic (exact) mass is 453 g/mol. The molecule has 0 saturated carbocycles. The first-order chi connectivity index (χ1) is 14.8. The lowest BCUT2D eigenvalue weighted by molar-refractivity contribution is 0.591. The van der Waals surface area contributed by atoms with Gasteiger partial charge in [-0.1, -0.05) is 49.4 Å². The fourth-order valence-corrected chi connectivity index (χ4v) is 4.90. The van der Waals surface area contributed by atoms with Crippen molar-refractivity contribution in [2.45, 2.75) is 16.8 Å². The molecule has 0 bridgehead atoms. The fraction of sp³-hybridized carbons (Fsp3) is 0.0909. The predicted octanol–water partition coefficient (Wildman–Crippen LogP) is 3.89. The molecule has 0 saturated heterocycles. The van der Waals surface area contributed by atoms with E-state index in [4.69, 9.17) is 0 Å². The number of hydrogen-bond acceptors (Lipinski definition) is 6. The molecule has 0 fully saturated rings. The van der Waals surface area contributed by atoms with Gasteiger partial charge in [0, 0.05) is 11.3 Å². The maximum absolute atomic E-state index is 12.9. The number of hydrogen-bond donors (Lipinski definition) is 1. The Labute approximate surface area is 180 Å². The fourth-order valence-electron chi connectivity index (χ4n) is 3.08. The van der Waals surface area contributed by atoms with Gasteiger partial charge in [0.05, 0.1) is 16.3 Å². The number of nitrogens with zero attached hydrogens (tertiary/aromatic N) is 2. The molecule has 0 aliphatic carbocycles. The van der Waals surface area contributed by atoms with E-state index >= 15 is 0 Å². The van der Waals surface area contributed by atoms with Crippen LogP contribution in [-0.2, 0) is 19.9 Å². The Bertz CT molecular complexity index is 1470. The minimum absolute atomic E-state index is 0.0624. The van der Waals surface area contributed by atoms with Gasteiger partial charge in [-0.3, -0.25) is 4.72 Å². The second-order valence-corrected chi connectivity index (χ2v) is 10.8. The largest absolute Gasteiger partial charge is 0.280 e. The Balaban J connectivity index is 1.62. The molecule has 4 rings (SSSR count). The summed E-state index contributed by atoms with van der Waals surface area (Å²) >= 11 is 0. The number of benzene rings is 3. The Morgan fingerprint density at radius 3 is 2.26 bits per heavy atom. The van der Waals surface area contributed by atoms with E-state index in [0.29, 0.717) is 16.9 Å². The second kappa shape index (κ2) is 8.09. The van der Waals surface area contributed by atoms with Crippen LogP contribution in [0, 0.1) is 0 Å². The molecule has 7 nitrogen and oxygen atoms in total. The average Bonchev–Trinajstić information content (AvgIpc) is 2.78. The summed E-state index contributed by atoms with van der Waals surface area (Å²) in [7, 11) is -7.24. The number of nitrogens with one attached hydrogen (secondary N) is 1. The van der Waals surface area contributed by atoms with Crippen molar-refractivity contribution < 1.29 is 16.8 Å². The molecule has 1 heterocycles. The van der Waals surface area contributed by atoms with Crippen molar-refractivity contribution in [3.8, 4) is 11.3 Å². The highest BCUT2D eigenvalue weighted by Crippen LogP contribution is 2.25. The Morgan fingerprint density at radius 1 is 0.774 bits per heavy atom. The highest BCUT2D eigenvalue weighted by atomic mass is 32.2. The highest BCUT2D eigenvalue weighted by molar-refractivity contribution is 7.92. The lowest BCUT2D eigenvalue weighted by Crippen LogP contribution is -2.13. The molecule has 4 aromatic rings. The number of sulfone groups is 1. The zero-order chi connectivity index (χ0) is 22.1. The van der Waals surface area contributed by atoms with Crippen LogP contribution < -0.4 is 4.72 Å². The molecule has 1 aromatic heterocycles. The van der Waals surface area contributed by atoms with Crippen LogP contribution in [0.15, 0.2) is 88.8 Å². The first-order valence-electron chi connectivity index (χ1n) is 9.47. The Kier molecular flexibility index (Phi) is 5.47. The van der Waals surface area contributed by atoms with Crippen LogP contribution in [0.5, 0.6) is 0 Å². The third-order valence-corrected chi connectivity index (χ3v) is 7.77. The van der Waals surface area contributed by atoms with Gasteiger partial charge < -0.3 is 0 Å². The Morgan fingerprint density at radius 2 is 1.55 bits per heavy atom. The number of rotatable bonds is 6. The van der Waals surface area contributed by atoms with Crippen molar-refractivity contribution in [2.75, 3.05) is 10.5 Å². The van der Waals surface area contributed by atoms with Crippen LogP contribution in [0.1, 0.15) is 6.92 Å². The molecule has 0 spiro atoms. The minimum atomic E-state index is -3.80. The van der Waals surface area contributed by atoms with E-state index in [-0.39, 0.29) is 15.7 Å². The molecule has 158 valence electrons. The molecule has 0 unspecified atom stereocenters. The quantitative estimate of drug-likeness (QED) is 0.475. The second-order valence-electron chi connectivity index (χ2n) is 6.86. The zero-order valence-electron chi connectivity index (χ0n) is 16.6. The number of sulfonamides is 1. The van der Waals surface area contributed by atoms with E-state index in [2.05, 4.69) is 14.9 Å². The standard InChI is InChI=1S/C22H19N3O4S2/c1-2-30(26,27)22-13-12-21(23-24-22)18-8-5-9-19(14-18)25-31(28,29)20-11-10-16-6-3-4-7-17(16)15-20/h3-15,25H,2H2,1H3. The van der Waals surface area contributed by atoms with Gasteiger partial charge in [-0.05, 0) is 47.2 Å². The van der Waals surface area contributed by atoms with Crippen molar-refractivity contribution in [1.82, 2.24) is 10.2 Å². The summed E-state index contributed by atoms with van der Waals surface area (Å²) in [5, 5.41) is 9.48. The summed E-state index contributed by atoms with van der Waals surface area (Å²) in [6, 6.07) is 22.1. The lowest BCUT2D eigenvalue weighted by Gasteiger charge is -2.10. The normalized spacial score (nSPS) is 12.0. The van der Waals surface area contributed by atoms with Gasteiger partial charge in [-0.2, -0.15) is 0 Å². The van der Waals surface area contributed by atoms with E-state index < -0.39 is 19.9 Å². The van der Waals surface area contributed by atoms with Crippen LogP contribution in [0.25, 0.3) is 22.0 Å². The predicted molar refractivity (Wildman–Crippen MR) is 120 cm³/mol. The summed E-state index contributed by atoms with van der Waals surface area (Å²) in [6.07, 6.45) is 0. The third kappa shape index (κ3) is 4.42. The van der Waals surface area contributed by atoms with Gasteiger partial charge in [0.25, 0.3) is 10.0 Å². The average molecular weight is 454 g/mol. The maximum Gasteiger partial charge on any atom is 0.261 e. The minimum Gasteiger partial charge on any atom is -0.280 e. The van der Waals surface area contributed by atoms with Crippen molar-refractivity contribution in [1.29, 1.82) is 0 Å². The summed E-state index contributed by atoms with van der Waals surface area (Å²) < 4.78 is 52.1. The van der Waals surface area contributed by atoms with E-state index in [1.807, 2.05) is 24.3 Å². The maximum atomic E-state index is 12.9. The van der Waals surface area contributed by atoms with E-state index in [1.165, 1.54) is 13.0 Å². The summed E-state index contributed by atoms with van der Waals surface area (Å²) in [5.41, 5.74) is 1.39. The summed E-state index contributed by atoms with van der Waals surface area (Å²) in [6.45, 7) is 1.54. The number of aromatic nitrogens is 2. The molecule has 3 aromatic carbocycles. The van der Waals surface area contributed by atoms with Gasteiger partial charge in [-0.15, -0.1) is 10.2 Å². The molecule has 9 heteroatoms. The van der Waals surface area contributed by atoms with Crippen molar-refractivity contribution >= 4 is 36.3 Å². The van der Waals surface area contributed by atoms with Crippen LogP contribution >= 0.6 is 0 Å². The lowest BCUT2D eigenvalue weighted by atomic mass is 10.1. The summed E-state index contributed by atoms with van der Waals surface area (Å²) in [4.78, 5) is 0.158. The molecule has 0 amide bonds. The molecular weight excluding hydrogens is 434 g/mol. The van der Waals surface area contributed by atoms with Crippen LogP contribution in [0.3, 0.4) is 0 Å². The van der Waals surface area contributed by atoms with E-state index in [9.17, 15) is 16.8 Å². The SMILES string of the molecule is CCS(=O)(=O)c1ccc(-c2cccc(NS(=O)(=O)c3ccc4ccccc4c3)c2)nn1. The smallest absolute Gasteiger partial charge is 0.261 e. The third-order valence-electron chi connectivity index (χ3n) is 4.78. The summed E-state index contributed by atoms with van der Waals surface area (Å²) in [5.74, 6) is -0.0624. The molecule has 0 aliphatic heterocycles. The number of anilines is 1. The van der Waals surface area contributed by atoms with Crippen LogP contribution in [0.2, 0.25) is 0 Å². The number of fused-ring (bicyclic) bond motifs is 1. The molecule has 0 radical (unpaired) electrons. The first-order valence-corrected chi connectivity index (χ1v) is 12.6. The van der Waals surface area contributed by atoms with Crippen molar-refractivity contribution in [3.05, 3.63) is 78.9 Å². The van der Waals surface area contributed by atoms with Crippen molar-refractivity contribution in [3.63, 3.8) is 0 Å². The topological polar surface area (TPSA) is 106 Å². The molecule has 0 aliphatic rings. The van der Waals surface area contributed by atoms with Gasteiger partial charge >= 0.3 is 0 Å². The van der Waals surface area contributed by atoms with Gasteiger partial charge in [-0.25, -0.2) is 16.8 Å². The zero-order valence-corrected chi connectivity index (χ0v) is 18.2. The van der Waals surface area contributed by atoms with Gasteiger partial charge in [0.1, 0.15) is 0 Å². The molecule has 31 heavy (non-hydrogen) atoms. The van der Waals surface area contributed by atoms with Crippen molar-refractivity contribution in [2.24, 2.45) is 0 Å². The molecule has 0 atom stereocenters. The van der Waals surface area contributed by atoms with Gasteiger partial charge in [0.2, 0.25) is 0 Å². The van der Waals surface area contributed by atoms with E-state index in [0.717, 1.165) is 10.8 Å². The van der Waals surface area contributed by atoms with E-state index in [1.54, 1.807) is 48.5 Å². The molecule has 1 N–H and O–H groups in total. The van der Waals surface area contributed by atoms with Crippen LogP contribution in [-0.4, -0.2) is 32.8 Å². The first kappa shape index (κ1) is 21.0.